The highest BCUT2D eigenvalue weighted by atomic mass is 35.5. The van der Waals surface area contributed by atoms with Gasteiger partial charge in [-0.3, -0.25) is 9.59 Å². The Balaban J connectivity index is 0.00000225. The third-order valence-corrected chi connectivity index (χ3v) is 6.10. The van der Waals surface area contributed by atoms with Crippen molar-refractivity contribution in [3.63, 3.8) is 0 Å². The van der Waals surface area contributed by atoms with Crippen LogP contribution in [0.2, 0.25) is 0 Å². The van der Waals surface area contributed by atoms with Crippen LogP contribution in [-0.4, -0.2) is 60.9 Å². The van der Waals surface area contributed by atoms with E-state index in [0.29, 0.717) is 24.2 Å². The Bertz CT molecular complexity index is 426. The molecule has 25 heavy (non-hydrogen) atoms. The summed E-state index contributed by atoms with van der Waals surface area (Å²) in [6.45, 7) is 5.05. The maximum atomic E-state index is 12.5. The number of rotatable bonds is 5. The van der Waals surface area contributed by atoms with Crippen LogP contribution in [0.25, 0.3) is 0 Å². The smallest absolute Gasteiger partial charge is 0.222 e. The number of amides is 2. The van der Waals surface area contributed by atoms with Gasteiger partial charge in [-0.15, -0.1) is 12.4 Å². The van der Waals surface area contributed by atoms with Crippen LogP contribution in [0.15, 0.2) is 0 Å². The number of hydrogen-bond acceptors (Lipinski definition) is 3. The van der Waals surface area contributed by atoms with Crippen LogP contribution in [0.3, 0.4) is 0 Å². The van der Waals surface area contributed by atoms with Gasteiger partial charge < -0.3 is 15.1 Å². The molecule has 0 bridgehead atoms. The Hall–Kier alpha value is -0.810. The van der Waals surface area contributed by atoms with Crippen molar-refractivity contribution in [1.29, 1.82) is 0 Å². The number of nitrogens with zero attached hydrogens (tertiary/aromatic N) is 2. The molecule has 0 spiro atoms. The first-order chi connectivity index (χ1) is 11.7. The Morgan fingerprint density at radius 3 is 2.08 bits per heavy atom. The molecule has 0 radical (unpaired) electrons. The topological polar surface area (TPSA) is 52.7 Å². The molecule has 1 aliphatic carbocycles. The zero-order valence-electron chi connectivity index (χ0n) is 15.4. The molecule has 1 unspecified atom stereocenters. The molecule has 144 valence electrons. The van der Waals surface area contributed by atoms with Gasteiger partial charge in [0.2, 0.25) is 11.8 Å². The normalized spacial score (nSPS) is 24.9. The van der Waals surface area contributed by atoms with Crippen molar-refractivity contribution in [2.75, 3.05) is 39.3 Å². The molecular weight excluding hydrogens is 338 g/mol. The van der Waals surface area contributed by atoms with Crippen molar-refractivity contribution in [3.05, 3.63) is 0 Å². The van der Waals surface area contributed by atoms with Crippen molar-refractivity contribution in [2.24, 2.45) is 11.8 Å². The van der Waals surface area contributed by atoms with E-state index in [1.807, 2.05) is 9.80 Å². The maximum Gasteiger partial charge on any atom is 0.222 e. The van der Waals surface area contributed by atoms with Crippen molar-refractivity contribution >= 4 is 24.2 Å². The predicted octanol–water partition coefficient (Wildman–Crippen LogP) is 2.44. The molecule has 0 aromatic heterocycles. The molecule has 0 aromatic carbocycles. The van der Waals surface area contributed by atoms with E-state index in [-0.39, 0.29) is 18.3 Å². The number of nitrogens with one attached hydrogen (secondary N) is 1. The number of hydrogen-bond donors (Lipinski definition) is 1. The summed E-state index contributed by atoms with van der Waals surface area (Å²) in [5, 5.41) is 3.36. The van der Waals surface area contributed by atoms with Crippen LogP contribution in [0.1, 0.15) is 57.8 Å². The first-order valence-corrected chi connectivity index (χ1v) is 9.98. The highest BCUT2D eigenvalue weighted by Gasteiger charge is 2.26. The van der Waals surface area contributed by atoms with Gasteiger partial charge in [0.25, 0.3) is 0 Å². The van der Waals surface area contributed by atoms with Gasteiger partial charge in [0.1, 0.15) is 0 Å². The molecule has 3 aliphatic rings. The van der Waals surface area contributed by atoms with Crippen LogP contribution in [0, 0.1) is 11.8 Å². The summed E-state index contributed by atoms with van der Waals surface area (Å²) in [4.78, 5) is 28.8. The van der Waals surface area contributed by atoms with Crippen molar-refractivity contribution in [1.82, 2.24) is 15.1 Å². The molecule has 1 N–H and O–H groups in total. The van der Waals surface area contributed by atoms with E-state index < -0.39 is 0 Å². The largest absolute Gasteiger partial charge is 0.339 e. The Labute approximate surface area is 158 Å². The minimum Gasteiger partial charge on any atom is -0.339 e. The molecule has 1 atom stereocenters. The van der Waals surface area contributed by atoms with Gasteiger partial charge in [0.05, 0.1) is 0 Å². The lowest BCUT2D eigenvalue weighted by molar-refractivity contribution is -0.140. The molecule has 2 aliphatic heterocycles. The second-order valence-electron chi connectivity index (χ2n) is 7.87. The Morgan fingerprint density at radius 1 is 0.840 bits per heavy atom. The van der Waals surface area contributed by atoms with E-state index in [2.05, 4.69) is 5.32 Å². The van der Waals surface area contributed by atoms with Gasteiger partial charge in [0, 0.05) is 39.0 Å². The summed E-state index contributed by atoms with van der Waals surface area (Å²) >= 11 is 0. The average molecular weight is 372 g/mol. The van der Waals surface area contributed by atoms with Crippen LogP contribution in [-0.2, 0) is 9.59 Å². The van der Waals surface area contributed by atoms with Gasteiger partial charge in [-0.1, -0.05) is 19.3 Å². The average Bonchev–Trinajstić information content (AvgIpc) is 3.14. The van der Waals surface area contributed by atoms with E-state index in [0.717, 1.165) is 52.1 Å². The second-order valence-corrected chi connectivity index (χ2v) is 7.87. The molecule has 1 saturated carbocycles. The fraction of sp³-hybridized carbons (Fsp3) is 0.895. The lowest BCUT2D eigenvalue weighted by Gasteiger charge is -2.36. The monoisotopic (exact) mass is 371 g/mol. The molecule has 2 saturated heterocycles. The van der Waals surface area contributed by atoms with E-state index in [1.54, 1.807) is 0 Å². The van der Waals surface area contributed by atoms with Gasteiger partial charge >= 0.3 is 0 Å². The summed E-state index contributed by atoms with van der Waals surface area (Å²) in [7, 11) is 0. The van der Waals surface area contributed by atoms with E-state index >= 15 is 0 Å². The van der Waals surface area contributed by atoms with Gasteiger partial charge in [-0.2, -0.15) is 0 Å². The molecule has 0 aromatic rings. The third-order valence-electron chi connectivity index (χ3n) is 6.10. The first kappa shape index (κ1) is 20.5. The van der Waals surface area contributed by atoms with E-state index in [1.165, 1.54) is 38.5 Å². The zero-order valence-corrected chi connectivity index (χ0v) is 16.2. The summed E-state index contributed by atoms with van der Waals surface area (Å²) in [5.74, 6) is 1.87. The fourth-order valence-corrected chi connectivity index (χ4v) is 4.42. The zero-order chi connectivity index (χ0) is 16.8. The molecule has 2 heterocycles. The molecule has 3 rings (SSSR count). The Kier molecular flexibility index (Phi) is 8.50. The second kappa shape index (κ2) is 10.4. The van der Waals surface area contributed by atoms with Crippen LogP contribution in [0.5, 0.6) is 0 Å². The van der Waals surface area contributed by atoms with Gasteiger partial charge in [-0.05, 0) is 50.6 Å². The summed E-state index contributed by atoms with van der Waals surface area (Å²) in [5.41, 5.74) is 0. The highest BCUT2D eigenvalue weighted by Crippen LogP contribution is 2.27. The number of carbonyl (C=O) groups is 2. The van der Waals surface area contributed by atoms with Crippen LogP contribution < -0.4 is 5.32 Å². The Morgan fingerprint density at radius 2 is 1.48 bits per heavy atom. The minimum absolute atomic E-state index is 0. The predicted molar refractivity (Wildman–Crippen MR) is 102 cm³/mol. The number of piperazine rings is 1. The van der Waals surface area contributed by atoms with Crippen molar-refractivity contribution in [3.8, 4) is 0 Å². The first-order valence-electron chi connectivity index (χ1n) is 9.98. The summed E-state index contributed by atoms with van der Waals surface area (Å²) in [6.07, 6.45) is 9.96. The quantitative estimate of drug-likeness (QED) is 0.807. The number of carbonyl (C=O) groups excluding carboxylic acids is 2. The molecular formula is C19H34ClN3O2. The highest BCUT2D eigenvalue weighted by molar-refractivity contribution is 5.85. The van der Waals surface area contributed by atoms with Crippen molar-refractivity contribution in [2.45, 2.75) is 57.8 Å². The third kappa shape index (κ3) is 6.14. The van der Waals surface area contributed by atoms with Gasteiger partial charge in [0.15, 0.2) is 0 Å². The fourth-order valence-electron chi connectivity index (χ4n) is 4.42. The molecule has 6 heteroatoms. The summed E-state index contributed by atoms with van der Waals surface area (Å²) < 4.78 is 0. The molecule has 2 amide bonds. The lowest BCUT2D eigenvalue weighted by atomic mass is 9.86. The van der Waals surface area contributed by atoms with Crippen molar-refractivity contribution < 1.29 is 9.59 Å². The molecule has 3 fully saturated rings. The van der Waals surface area contributed by atoms with E-state index in [9.17, 15) is 9.59 Å². The standard InChI is InChI=1S/C19H33N3O2.ClH/c23-18(7-6-17-8-9-20-15-17)21-10-12-22(13-11-21)19(24)14-16-4-2-1-3-5-16;/h16-17,20H,1-15H2;1H. The van der Waals surface area contributed by atoms with Crippen LogP contribution in [0.4, 0.5) is 0 Å². The molecule has 5 nitrogen and oxygen atoms in total. The lowest BCUT2D eigenvalue weighted by Crippen LogP contribution is -2.50. The van der Waals surface area contributed by atoms with Gasteiger partial charge in [-0.25, -0.2) is 0 Å². The minimum atomic E-state index is 0. The SMILES string of the molecule is Cl.O=C(CCC1CCNC1)N1CCN(C(=O)CC2CCCCC2)CC1. The maximum absolute atomic E-state index is 12.5. The number of halogens is 1. The van der Waals surface area contributed by atoms with E-state index in [4.69, 9.17) is 0 Å². The van der Waals surface area contributed by atoms with Crippen LogP contribution >= 0.6 is 12.4 Å². The summed E-state index contributed by atoms with van der Waals surface area (Å²) in [6, 6.07) is 0.